The van der Waals surface area contributed by atoms with Crippen molar-refractivity contribution in [1.82, 2.24) is 14.5 Å². The number of aryl methyl sites for hydroxylation is 1. The van der Waals surface area contributed by atoms with Crippen molar-refractivity contribution in [3.8, 4) is 0 Å². The number of carbonyl (C=O) groups is 1. The molecule has 0 spiro atoms. The highest BCUT2D eigenvalue weighted by Crippen LogP contribution is 2.25. The Morgan fingerprint density at radius 3 is 2.84 bits per heavy atom. The van der Waals surface area contributed by atoms with E-state index in [-0.39, 0.29) is 17.7 Å². The predicted molar refractivity (Wildman–Crippen MR) is 75.1 cm³/mol. The second kappa shape index (κ2) is 5.16. The van der Waals surface area contributed by atoms with Gasteiger partial charge in [0.1, 0.15) is 5.82 Å². The molecular formula is C12H14BrFN4O. The van der Waals surface area contributed by atoms with Crippen molar-refractivity contribution in [3.05, 3.63) is 22.4 Å². The smallest absolute Gasteiger partial charge is 0.223 e. The molecule has 0 saturated heterocycles. The molecule has 0 bridgehead atoms. The first-order valence-corrected chi connectivity index (χ1v) is 6.50. The number of carbonyl (C=O) groups excluding carboxylic acids is 1. The zero-order chi connectivity index (χ0) is 14.2. The summed E-state index contributed by atoms with van der Waals surface area (Å²) in [4.78, 5) is 17.2. The van der Waals surface area contributed by atoms with Crippen LogP contribution in [0.4, 0.5) is 10.3 Å². The summed E-state index contributed by atoms with van der Waals surface area (Å²) in [7, 11) is 3.40. The molecule has 1 heterocycles. The van der Waals surface area contributed by atoms with Crippen LogP contribution in [0.1, 0.15) is 6.42 Å². The van der Waals surface area contributed by atoms with Crippen LogP contribution in [0.5, 0.6) is 0 Å². The van der Waals surface area contributed by atoms with E-state index in [9.17, 15) is 9.18 Å². The standard InChI is InChI=1S/C12H14BrFN4O/c1-17(2)11(19)3-4-18-10-5-7(13)8(14)6-9(10)16-12(18)15/h5-6H,3-4H2,1-2H3,(H2,15,16). The molecule has 1 aromatic heterocycles. The molecule has 102 valence electrons. The molecule has 1 aromatic carbocycles. The Bertz CT molecular complexity index is 638. The monoisotopic (exact) mass is 328 g/mol. The van der Waals surface area contributed by atoms with Gasteiger partial charge in [-0.2, -0.15) is 0 Å². The molecule has 2 rings (SSSR count). The Labute approximate surface area is 118 Å². The summed E-state index contributed by atoms with van der Waals surface area (Å²) in [6, 6.07) is 2.94. The molecule has 0 aliphatic carbocycles. The molecule has 0 aliphatic rings. The van der Waals surface area contributed by atoms with Gasteiger partial charge in [0.2, 0.25) is 11.9 Å². The number of amides is 1. The lowest BCUT2D eigenvalue weighted by Gasteiger charge is -2.11. The fourth-order valence-corrected chi connectivity index (χ4v) is 2.14. The lowest BCUT2D eigenvalue weighted by molar-refractivity contribution is -0.128. The Hall–Kier alpha value is -1.63. The lowest BCUT2D eigenvalue weighted by Crippen LogP contribution is -2.23. The normalized spacial score (nSPS) is 10.9. The average molecular weight is 329 g/mol. The Morgan fingerprint density at radius 1 is 1.53 bits per heavy atom. The maximum Gasteiger partial charge on any atom is 0.223 e. The fourth-order valence-electron chi connectivity index (χ4n) is 1.80. The third kappa shape index (κ3) is 2.70. The third-order valence-corrected chi connectivity index (χ3v) is 3.48. The van der Waals surface area contributed by atoms with Crippen LogP contribution in [-0.4, -0.2) is 34.5 Å². The number of fused-ring (bicyclic) bond motifs is 1. The van der Waals surface area contributed by atoms with Gasteiger partial charge in [-0.25, -0.2) is 9.37 Å². The second-order valence-electron chi connectivity index (χ2n) is 4.41. The molecule has 0 radical (unpaired) electrons. The number of halogens is 2. The van der Waals surface area contributed by atoms with Gasteiger partial charge in [0, 0.05) is 33.1 Å². The molecule has 0 aliphatic heterocycles. The van der Waals surface area contributed by atoms with Gasteiger partial charge in [0.05, 0.1) is 15.5 Å². The molecule has 19 heavy (non-hydrogen) atoms. The molecule has 0 atom stereocenters. The van der Waals surface area contributed by atoms with E-state index in [0.717, 1.165) is 0 Å². The molecule has 5 nitrogen and oxygen atoms in total. The molecule has 0 unspecified atom stereocenters. The summed E-state index contributed by atoms with van der Waals surface area (Å²) in [6.45, 7) is 0.414. The number of anilines is 1. The summed E-state index contributed by atoms with van der Waals surface area (Å²) < 4.78 is 15.5. The first kappa shape index (κ1) is 13.8. The van der Waals surface area contributed by atoms with E-state index in [4.69, 9.17) is 5.73 Å². The van der Waals surface area contributed by atoms with Crippen molar-refractivity contribution in [3.63, 3.8) is 0 Å². The fraction of sp³-hybridized carbons (Fsp3) is 0.333. The summed E-state index contributed by atoms with van der Waals surface area (Å²) in [6.07, 6.45) is 0.317. The first-order chi connectivity index (χ1) is 8.90. The maximum atomic E-state index is 13.4. The van der Waals surface area contributed by atoms with E-state index < -0.39 is 0 Å². The summed E-state index contributed by atoms with van der Waals surface area (Å²) >= 11 is 3.13. The number of nitrogens with zero attached hydrogens (tertiary/aromatic N) is 3. The average Bonchev–Trinajstić information content (AvgIpc) is 2.62. The highest BCUT2D eigenvalue weighted by Gasteiger charge is 2.13. The van der Waals surface area contributed by atoms with Crippen LogP contribution in [0.25, 0.3) is 11.0 Å². The predicted octanol–water partition coefficient (Wildman–Crippen LogP) is 2.00. The van der Waals surface area contributed by atoms with E-state index >= 15 is 0 Å². The largest absolute Gasteiger partial charge is 0.369 e. The molecule has 7 heteroatoms. The number of benzene rings is 1. The molecule has 0 fully saturated rings. The van der Waals surface area contributed by atoms with Crippen LogP contribution in [0, 0.1) is 5.82 Å². The summed E-state index contributed by atoms with van der Waals surface area (Å²) in [5, 5.41) is 0. The number of hydrogen-bond donors (Lipinski definition) is 1. The number of imidazole rings is 1. The van der Waals surface area contributed by atoms with Gasteiger partial charge in [0.25, 0.3) is 0 Å². The lowest BCUT2D eigenvalue weighted by atomic mass is 10.3. The van der Waals surface area contributed by atoms with Crippen molar-refractivity contribution in [2.75, 3.05) is 19.8 Å². The van der Waals surface area contributed by atoms with Gasteiger partial charge in [-0.05, 0) is 22.0 Å². The number of nitrogen functional groups attached to an aromatic ring is 1. The first-order valence-electron chi connectivity index (χ1n) is 5.71. The van der Waals surface area contributed by atoms with Gasteiger partial charge in [-0.1, -0.05) is 0 Å². The van der Waals surface area contributed by atoms with E-state index in [1.54, 1.807) is 24.7 Å². The SMILES string of the molecule is CN(C)C(=O)CCn1c(N)nc2cc(F)c(Br)cc21. The van der Waals surface area contributed by atoms with Gasteiger partial charge >= 0.3 is 0 Å². The molecule has 1 amide bonds. The van der Waals surface area contributed by atoms with E-state index in [1.807, 2.05) is 0 Å². The number of aromatic nitrogens is 2. The number of nitrogens with two attached hydrogens (primary N) is 1. The van der Waals surface area contributed by atoms with Crippen LogP contribution in [0.15, 0.2) is 16.6 Å². The molecule has 2 aromatic rings. The number of hydrogen-bond acceptors (Lipinski definition) is 3. The van der Waals surface area contributed by atoms with Crippen LogP contribution in [0.2, 0.25) is 0 Å². The van der Waals surface area contributed by atoms with Gasteiger partial charge in [-0.3, -0.25) is 4.79 Å². The van der Waals surface area contributed by atoms with Crippen LogP contribution in [0.3, 0.4) is 0 Å². The van der Waals surface area contributed by atoms with Crippen LogP contribution >= 0.6 is 15.9 Å². The zero-order valence-electron chi connectivity index (χ0n) is 10.7. The highest BCUT2D eigenvalue weighted by atomic mass is 79.9. The molecule has 2 N–H and O–H groups in total. The molecule has 0 saturated carbocycles. The quantitative estimate of drug-likeness (QED) is 0.937. The van der Waals surface area contributed by atoms with E-state index in [2.05, 4.69) is 20.9 Å². The Morgan fingerprint density at radius 2 is 2.21 bits per heavy atom. The van der Waals surface area contributed by atoms with Crippen molar-refractivity contribution >= 4 is 38.8 Å². The van der Waals surface area contributed by atoms with Crippen molar-refractivity contribution in [2.45, 2.75) is 13.0 Å². The topological polar surface area (TPSA) is 64.2 Å². The minimum absolute atomic E-state index is 0.00225. The minimum atomic E-state index is -0.387. The maximum absolute atomic E-state index is 13.4. The van der Waals surface area contributed by atoms with E-state index in [0.29, 0.717) is 28.5 Å². The second-order valence-corrected chi connectivity index (χ2v) is 5.27. The summed E-state index contributed by atoms with van der Waals surface area (Å²) in [5.41, 5.74) is 6.99. The van der Waals surface area contributed by atoms with Crippen molar-refractivity contribution in [2.24, 2.45) is 0 Å². The van der Waals surface area contributed by atoms with Crippen molar-refractivity contribution < 1.29 is 9.18 Å². The van der Waals surface area contributed by atoms with Gasteiger partial charge in [0.15, 0.2) is 0 Å². The van der Waals surface area contributed by atoms with Crippen molar-refractivity contribution in [1.29, 1.82) is 0 Å². The highest BCUT2D eigenvalue weighted by molar-refractivity contribution is 9.10. The van der Waals surface area contributed by atoms with Gasteiger partial charge < -0.3 is 15.2 Å². The van der Waals surface area contributed by atoms with Gasteiger partial charge in [-0.15, -0.1) is 0 Å². The van der Waals surface area contributed by atoms with Crippen LogP contribution in [-0.2, 0) is 11.3 Å². The van der Waals surface area contributed by atoms with Crippen LogP contribution < -0.4 is 5.73 Å². The Kier molecular flexibility index (Phi) is 3.75. The third-order valence-electron chi connectivity index (χ3n) is 2.87. The summed E-state index contributed by atoms with van der Waals surface area (Å²) in [5.74, 6) is -0.108. The van der Waals surface area contributed by atoms with E-state index in [1.165, 1.54) is 11.0 Å². The molecular weight excluding hydrogens is 315 g/mol. The minimum Gasteiger partial charge on any atom is -0.369 e. The number of rotatable bonds is 3. The Balaban J connectivity index is 2.35. The zero-order valence-corrected chi connectivity index (χ0v) is 12.2.